The van der Waals surface area contributed by atoms with Crippen LogP contribution in [0.2, 0.25) is 0 Å². The summed E-state index contributed by atoms with van der Waals surface area (Å²) in [6.07, 6.45) is -10.3. The van der Waals surface area contributed by atoms with E-state index in [1.165, 1.54) is 12.1 Å². The molecule has 0 saturated carbocycles. The summed E-state index contributed by atoms with van der Waals surface area (Å²) in [6.45, 7) is 0. The van der Waals surface area contributed by atoms with Crippen LogP contribution in [0.4, 0.5) is 49.1 Å². The van der Waals surface area contributed by atoms with Gasteiger partial charge in [0.1, 0.15) is 0 Å². The van der Waals surface area contributed by atoms with Crippen molar-refractivity contribution in [3.63, 3.8) is 0 Å². The maximum Gasteiger partial charge on any atom is 0.419 e. The number of hydrogen-bond donors (Lipinski definition) is 6. The summed E-state index contributed by atoms with van der Waals surface area (Å²) in [6, 6.07) is 17.7. The van der Waals surface area contributed by atoms with Gasteiger partial charge in [0.15, 0.2) is 0 Å². The van der Waals surface area contributed by atoms with Crippen LogP contribution in [0.5, 0.6) is 0 Å². The first-order valence-corrected chi connectivity index (χ1v) is 11.0. The predicted octanol–water partition coefficient (Wildman–Crippen LogP) is 6.46. The van der Waals surface area contributed by atoms with E-state index >= 15 is 0 Å². The molecule has 0 radical (unpaired) electrons. The molecule has 6 nitrogen and oxygen atoms in total. The Morgan fingerprint density at radius 1 is 0.526 bits per heavy atom. The molecule has 4 rings (SSSR count). The quantitative estimate of drug-likeness (QED) is 0.0758. The Labute approximate surface area is 213 Å². The highest BCUT2D eigenvalue weighted by Crippen LogP contribution is 2.56. The van der Waals surface area contributed by atoms with E-state index in [2.05, 4.69) is 5.43 Å². The molecule has 0 unspecified atom stereocenters. The Morgan fingerprint density at radius 3 is 1.47 bits per heavy atom. The van der Waals surface area contributed by atoms with Gasteiger partial charge in [-0.05, 0) is 22.8 Å². The van der Waals surface area contributed by atoms with Crippen LogP contribution < -0.4 is 34.0 Å². The number of alkyl halides is 6. The number of benzene rings is 4. The molecule has 0 saturated heterocycles. The molecule has 0 heterocycles. The summed E-state index contributed by atoms with van der Waals surface area (Å²) in [4.78, 5) is 0. The normalized spacial score (nSPS) is 11.9. The second-order valence-electron chi connectivity index (χ2n) is 8.25. The number of nitrogens with one attached hydrogen (secondary N) is 2. The van der Waals surface area contributed by atoms with E-state index in [-0.39, 0.29) is 28.1 Å². The van der Waals surface area contributed by atoms with Crippen LogP contribution in [0, 0.1) is 0 Å². The van der Waals surface area contributed by atoms with Crippen molar-refractivity contribution in [1.29, 1.82) is 0 Å². The Bertz CT molecular complexity index is 1470. The SMILES string of the molecule is NNc1ccc(-c2c(-c3ccccc3)c(-c3ccccc3)c(NN)c(N)c2C(F)(F)F)c(C(F)(F)F)c1N. The number of hydrogen-bond acceptors (Lipinski definition) is 6. The van der Waals surface area contributed by atoms with Crippen molar-refractivity contribution in [1.82, 2.24) is 0 Å². The highest BCUT2D eigenvalue weighted by atomic mass is 19.4. The minimum Gasteiger partial charge on any atom is -0.397 e. The van der Waals surface area contributed by atoms with Gasteiger partial charge in [0, 0.05) is 16.7 Å². The number of rotatable bonds is 5. The van der Waals surface area contributed by atoms with E-state index in [0.717, 1.165) is 12.1 Å². The maximum absolute atomic E-state index is 14.7. The largest absolute Gasteiger partial charge is 0.419 e. The van der Waals surface area contributed by atoms with Gasteiger partial charge in [-0.3, -0.25) is 11.7 Å². The minimum absolute atomic E-state index is 0.0764. The monoisotopic (exact) mass is 532 g/mol. The zero-order valence-electron chi connectivity index (χ0n) is 19.5. The highest BCUT2D eigenvalue weighted by molar-refractivity contribution is 6.07. The molecule has 0 bridgehead atoms. The molecule has 0 atom stereocenters. The smallest absolute Gasteiger partial charge is 0.397 e. The van der Waals surface area contributed by atoms with Gasteiger partial charge in [-0.1, -0.05) is 66.7 Å². The first-order valence-electron chi connectivity index (χ1n) is 11.0. The molecule has 0 aliphatic rings. The predicted molar refractivity (Wildman–Crippen MR) is 137 cm³/mol. The Kier molecular flexibility index (Phi) is 6.87. The van der Waals surface area contributed by atoms with Crippen LogP contribution in [0.3, 0.4) is 0 Å². The fourth-order valence-electron chi connectivity index (χ4n) is 4.53. The summed E-state index contributed by atoms with van der Waals surface area (Å²) < 4.78 is 87.5. The average molecular weight is 532 g/mol. The lowest BCUT2D eigenvalue weighted by Crippen LogP contribution is -2.20. The molecule has 10 N–H and O–H groups in total. The maximum atomic E-state index is 14.7. The minimum atomic E-state index is -5.19. The van der Waals surface area contributed by atoms with Gasteiger partial charge in [-0.25, -0.2) is 0 Å². The van der Waals surface area contributed by atoms with Crippen molar-refractivity contribution < 1.29 is 26.3 Å². The summed E-state index contributed by atoms with van der Waals surface area (Å²) in [5.74, 6) is 11.0. The second kappa shape index (κ2) is 9.80. The van der Waals surface area contributed by atoms with Crippen LogP contribution in [0.1, 0.15) is 11.1 Å². The number of anilines is 4. The van der Waals surface area contributed by atoms with E-state index in [0.29, 0.717) is 5.56 Å². The van der Waals surface area contributed by atoms with Gasteiger partial charge in [0.25, 0.3) is 0 Å². The molecule has 0 aromatic heterocycles. The second-order valence-corrected chi connectivity index (χ2v) is 8.25. The van der Waals surface area contributed by atoms with E-state index in [1.807, 2.05) is 5.43 Å². The van der Waals surface area contributed by atoms with Gasteiger partial charge in [-0.15, -0.1) is 0 Å². The third kappa shape index (κ3) is 4.55. The van der Waals surface area contributed by atoms with Gasteiger partial charge >= 0.3 is 12.4 Å². The zero-order chi connectivity index (χ0) is 27.8. The van der Waals surface area contributed by atoms with E-state index in [1.54, 1.807) is 48.5 Å². The van der Waals surface area contributed by atoms with E-state index in [9.17, 15) is 26.3 Å². The summed E-state index contributed by atoms with van der Waals surface area (Å²) >= 11 is 0. The zero-order valence-corrected chi connectivity index (χ0v) is 19.5. The number of nitrogen functional groups attached to an aromatic ring is 4. The average Bonchev–Trinajstić information content (AvgIpc) is 2.87. The summed E-state index contributed by atoms with van der Waals surface area (Å²) in [5.41, 5.74) is 9.61. The molecule has 0 spiro atoms. The molecule has 4 aromatic carbocycles. The van der Waals surface area contributed by atoms with Crippen molar-refractivity contribution >= 4 is 22.7 Å². The van der Waals surface area contributed by atoms with Gasteiger partial charge in [0.05, 0.1) is 33.9 Å². The standard InChI is InChI=1S/C26H22F6N6/c27-25(28,29)20-15(11-12-16(37-35)22(20)33)19-17(13-7-3-1-4-8-13)18(14-9-5-2-6-10-14)24(38-36)23(34)21(19)26(30,31)32/h1-12,37-38H,33-36H2. The van der Waals surface area contributed by atoms with Crippen molar-refractivity contribution in [3.8, 4) is 33.4 Å². The third-order valence-corrected chi connectivity index (χ3v) is 6.05. The van der Waals surface area contributed by atoms with Gasteiger partial charge in [0.2, 0.25) is 0 Å². The van der Waals surface area contributed by atoms with Crippen molar-refractivity contribution in [3.05, 3.63) is 83.9 Å². The topological polar surface area (TPSA) is 128 Å². The van der Waals surface area contributed by atoms with Crippen molar-refractivity contribution in [2.75, 3.05) is 22.3 Å². The van der Waals surface area contributed by atoms with Crippen LogP contribution in [0.15, 0.2) is 72.8 Å². The molecular weight excluding hydrogens is 510 g/mol. The Hall–Kier alpha value is -4.42. The van der Waals surface area contributed by atoms with Gasteiger partial charge in [-0.2, -0.15) is 26.3 Å². The lowest BCUT2D eigenvalue weighted by molar-refractivity contribution is -0.138. The number of nitrogens with two attached hydrogens (primary N) is 4. The highest BCUT2D eigenvalue weighted by Gasteiger charge is 2.44. The van der Waals surface area contributed by atoms with E-state index < -0.39 is 46.0 Å². The van der Waals surface area contributed by atoms with Crippen molar-refractivity contribution in [2.24, 2.45) is 11.7 Å². The summed E-state index contributed by atoms with van der Waals surface area (Å²) in [5, 5.41) is 0. The fraction of sp³-hybridized carbons (Fsp3) is 0.0769. The first kappa shape index (κ1) is 26.6. The van der Waals surface area contributed by atoms with Crippen LogP contribution in [-0.2, 0) is 12.4 Å². The Morgan fingerprint density at radius 2 is 1.03 bits per heavy atom. The van der Waals surface area contributed by atoms with Crippen molar-refractivity contribution in [2.45, 2.75) is 12.4 Å². The first-order chi connectivity index (χ1) is 17.9. The molecule has 0 fully saturated rings. The molecule has 4 aromatic rings. The molecule has 0 amide bonds. The number of halogens is 6. The fourth-order valence-corrected chi connectivity index (χ4v) is 4.53. The lowest BCUT2D eigenvalue weighted by Gasteiger charge is -2.28. The Balaban J connectivity index is 2.37. The number of hydrazine groups is 2. The lowest BCUT2D eigenvalue weighted by atomic mass is 9.80. The molecule has 0 aliphatic heterocycles. The van der Waals surface area contributed by atoms with Crippen LogP contribution in [0.25, 0.3) is 33.4 Å². The molecule has 0 aliphatic carbocycles. The molecular formula is C26H22F6N6. The molecule has 38 heavy (non-hydrogen) atoms. The van der Waals surface area contributed by atoms with E-state index in [4.69, 9.17) is 23.2 Å². The summed E-state index contributed by atoms with van der Waals surface area (Å²) in [7, 11) is 0. The molecule has 12 heteroatoms. The molecule has 198 valence electrons. The van der Waals surface area contributed by atoms with Gasteiger partial charge < -0.3 is 22.3 Å². The van der Waals surface area contributed by atoms with Crippen LogP contribution in [-0.4, -0.2) is 0 Å². The third-order valence-electron chi connectivity index (χ3n) is 6.05. The van der Waals surface area contributed by atoms with Crippen LogP contribution >= 0.6 is 0 Å².